The molecule has 7 nitrogen and oxygen atoms in total. The van der Waals surface area contributed by atoms with E-state index in [-0.39, 0.29) is 10.6 Å². The third kappa shape index (κ3) is 2.64. The lowest BCUT2D eigenvalue weighted by Gasteiger charge is -2.49. The summed E-state index contributed by atoms with van der Waals surface area (Å²) in [6.07, 6.45) is 1.40. The van der Waals surface area contributed by atoms with Gasteiger partial charge in [0.25, 0.3) is 0 Å². The third-order valence-electron chi connectivity index (χ3n) is 3.78. The average Bonchev–Trinajstić information content (AvgIpc) is 2.58. The number of thioether (sulfide) groups is 1. The van der Waals surface area contributed by atoms with Crippen molar-refractivity contribution in [3.05, 3.63) is 54.3 Å². The first-order valence-electron chi connectivity index (χ1n) is 6.98. The molecule has 2 heterocycles. The van der Waals surface area contributed by atoms with E-state index in [1.807, 2.05) is 0 Å². The molecule has 0 bridgehead atoms. The Bertz CT molecular complexity index is 848. The maximum absolute atomic E-state index is 12.4. The Morgan fingerprint density at radius 3 is 2.62 bits per heavy atom. The quantitative estimate of drug-likeness (QED) is 0.746. The van der Waals surface area contributed by atoms with Crippen molar-refractivity contribution >= 4 is 33.7 Å². The summed E-state index contributed by atoms with van der Waals surface area (Å²) in [5.74, 6) is -1.46. The zero-order chi connectivity index (χ0) is 17.5. The zero-order valence-electron chi connectivity index (χ0n) is 12.4. The number of aliphatic carboxylic acids is 1. The van der Waals surface area contributed by atoms with Crippen molar-refractivity contribution in [1.82, 2.24) is 9.62 Å². The van der Waals surface area contributed by atoms with Gasteiger partial charge in [0.15, 0.2) is 0 Å². The number of nitrogens with one attached hydrogen (secondary N) is 1. The van der Waals surface area contributed by atoms with Crippen LogP contribution in [0.2, 0.25) is 0 Å². The second-order valence-corrected chi connectivity index (χ2v) is 8.02. The number of allylic oxidation sites excluding steroid dienone is 1. The number of carboxylic acid groups (broad SMARTS) is 1. The van der Waals surface area contributed by atoms with E-state index in [2.05, 4.69) is 11.3 Å². The van der Waals surface area contributed by atoms with E-state index in [0.29, 0.717) is 11.3 Å². The fourth-order valence-corrected chi connectivity index (χ4v) is 5.25. The molecular formula is C15H14N2O5S2. The Kier molecular flexibility index (Phi) is 4.24. The van der Waals surface area contributed by atoms with Gasteiger partial charge in [0, 0.05) is 5.75 Å². The Morgan fingerprint density at radius 2 is 2.04 bits per heavy atom. The summed E-state index contributed by atoms with van der Waals surface area (Å²) in [6.45, 7) is 3.56. The molecule has 126 valence electrons. The summed E-state index contributed by atoms with van der Waals surface area (Å²) in [5.41, 5.74) is 0.315. The number of nitrogens with zero attached hydrogens (tertiary/aromatic N) is 1. The van der Waals surface area contributed by atoms with Gasteiger partial charge in [0.2, 0.25) is 15.9 Å². The van der Waals surface area contributed by atoms with Gasteiger partial charge in [0.05, 0.1) is 4.90 Å². The van der Waals surface area contributed by atoms with Crippen molar-refractivity contribution in [1.29, 1.82) is 0 Å². The van der Waals surface area contributed by atoms with Crippen LogP contribution in [-0.4, -0.2) is 47.5 Å². The molecule has 2 N–H and O–H groups in total. The number of rotatable bonds is 5. The van der Waals surface area contributed by atoms with E-state index in [0.717, 1.165) is 4.90 Å². The Balaban J connectivity index is 1.86. The molecule has 0 aromatic heterocycles. The molecule has 1 aromatic carbocycles. The molecule has 0 aliphatic carbocycles. The van der Waals surface area contributed by atoms with Gasteiger partial charge in [-0.2, -0.15) is 4.72 Å². The molecule has 2 aliphatic rings. The number of benzene rings is 1. The van der Waals surface area contributed by atoms with E-state index in [1.54, 1.807) is 18.2 Å². The van der Waals surface area contributed by atoms with Crippen molar-refractivity contribution in [3.8, 4) is 0 Å². The smallest absolute Gasteiger partial charge is 0.352 e. The number of hydrogen-bond donors (Lipinski definition) is 2. The highest BCUT2D eigenvalue weighted by atomic mass is 32.2. The molecule has 1 saturated heterocycles. The number of sulfonamides is 1. The van der Waals surface area contributed by atoms with Crippen molar-refractivity contribution in [2.24, 2.45) is 0 Å². The minimum absolute atomic E-state index is 0.0536. The number of carbonyl (C=O) groups excluding carboxylic acids is 1. The number of carboxylic acids is 1. The SMILES string of the molecule is C=CC1=C(C(=O)O)N2C(=O)[C@@H](NS(=O)(=O)c3ccccc3)[C@H]2SC1. The summed E-state index contributed by atoms with van der Waals surface area (Å²) in [6, 6.07) is 6.72. The van der Waals surface area contributed by atoms with E-state index >= 15 is 0 Å². The van der Waals surface area contributed by atoms with Gasteiger partial charge >= 0.3 is 5.97 Å². The third-order valence-corrected chi connectivity index (χ3v) is 6.54. The molecule has 1 amide bonds. The first-order valence-corrected chi connectivity index (χ1v) is 9.51. The van der Waals surface area contributed by atoms with Crippen molar-refractivity contribution < 1.29 is 23.1 Å². The number of carbonyl (C=O) groups is 2. The second-order valence-electron chi connectivity index (χ2n) is 5.20. The summed E-state index contributed by atoms with van der Waals surface area (Å²) in [7, 11) is -3.86. The van der Waals surface area contributed by atoms with Crippen molar-refractivity contribution in [3.63, 3.8) is 0 Å². The van der Waals surface area contributed by atoms with Crippen molar-refractivity contribution in [2.75, 3.05) is 5.75 Å². The zero-order valence-corrected chi connectivity index (χ0v) is 14.0. The standard InChI is InChI=1S/C15H14N2O5S2/c1-2-9-8-23-14-11(13(18)17(14)12(9)15(19)20)16-24(21,22)10-6-4-3-5-7-10/h2-7,11,14,16H,1,8H2,(H,19,20)/t11-,14-/m1/s1. The van der Waals surface area contributed by atoms with E-state index in [9.17, 15) is 23.1 Å². The molecule has 2 aliphatic heterocycles. The van der Waals surface area contributed by atoms with Crippen LogP contribution in [0.1, 0.15) is 0 Å². The monoisotopic (exact) mass is 366 g/mol. The first-order chi connectivity index (χ1) is 11.4. The summed E-state index contributed by atoms with van der Waals surface area (Å²) >= 11 is 1.30. The molecular weight excluding hydrogens is 352 g/mol. The van der Waals surface area contributed by atoms with Gasteiger partial charge < -0.3 is 5.11 Å². The van der Waals surface area contributed by atoms with Gasteiger partial charge in [-0.3, -0.25) is 9.69 Å². The topological polar surface area (TPSA) is 104 Å². The van der Waals surface area contributed by atoms with Gasteiger partial charge in [-0.05, 0) is 17.7 Å². The Hall–Kier alpha value is -2.10. The Morgan fingerprint density at radius 1 is 1.38 bits per heavy atom. The maximum Gasteiger partial charge on any atom is 0.352 e. The van der Waals surface area contributed by atoms with Crippen LogP contribution in [0.25, 0.3) is 0 Å². The van der Waals surface area contributed by atoms with E-state index in [4.69, 9.17) is 0 Å². The number of hydrogen-bond acceptors (Lipinski definition) is 5. The van der Waals surface area contributed by atoms with Gasteiger partial charge in [0.1, 0.15) is 17.1 Å². The average molecular weight is 366 g/mol. The fraction of sp³-hybridized carbons (Fsp3) is 0.200. The van der Waals surface area contributed by atoms with Crippen LogP contribution in [0, 0.1) is 0 Å². The molecule has 2 atom stereocenters. The minimum Gasteiger partial charge on any atom is -0.477 e. The van der Waals surface area contributed by atoms with Crippen LogP contribution in [0.4, 0.5) is 0 Å². The van der Waals surface area contributed by atoms with Gasteiger partial charge in [-0.15, -0.1) is 11.8 Å². The van der Waals surface area contributed by atoms with Gasteiger partial charge in [-0.1, -0.05) is 30.9 Å². The molecule has 1 fully saturated rings. The molecule has 3 rings (SSSR count). The highest BCUT2D eigenvalue weighted by molar-refractivity contribution is 8.00. The highest BCUT2D eigenvalue weighted by Gasteiger charge is 2.54. The highest BCUT2D eigenvalue weighted by Crippen LogP contribution is 2.40. The summed E-state index contributed by atoms with van der Waals surface area (Å²) in [5, 5.41) is 8.75. The molecule has 9 heteroatoms. The van der Waals surface area contributed by atoms with Crippen LogP contribution in [0.5, 0.6) is 0 Å². The first kappa shape index (κ1) is 16.7. The molecule has 1 aromatic rings. The molecule has 0 spiro atoms. The lowest BCUT2D eigenvalue weighted by molar-refractivity contribution is -0.148. The predicted octanol–water partition coefficient (Wildman–Crippen LogP) is 0.773. The van der Waals surface area contributed by atoms with Crippen LogP contribution < -0.4 is 4.72 Å². The molecule has 0 radical (unpaired) electrons. The molecule has 24 heavy (non-hydrogen) atoms. The Labute approximate surface area is 143 Å². The van der Waals surface area contributed by atoms with Crippen LogP contribution >= 0.6 is 11.8 Å². The van der Waals surface area contributed by atoms with Crippen LogP contribution in [-0.2, 0) is 19.6 Å². The second kappa shape index (κ2) is 6.08. The van der Waals surface area contributed by atoms with Crippen molar-refractivity contribution in [2.45, 2.75) is 16.3 Å². The molecule has 0 unspecified atom stereocenters. The fourth-order valence-electron chi connectivity index (χ4n) is 2.61. The van der Waals surface area contributed by atoms with Gasteiger partial charge in [-0.25, -0.2) is 13.2 Å². The maximum atomic E-state index is 12.4. The normalized spacial score (nSPS) is 23.5. The lowest BCUT2D eigenvalue weighted by atomic mass is 10.0. The van der Waals surface area contributed by atoms with Crippen LogP contribution in [0.15, 0.2) is 59.2 Å². The molecule has 0 saturated carbocycles. The largest absolute Gasteiger partial charge is 0.477 e. The summed E-state index contributed by atoms with van der Waals surface area (Å²) in [4.78, 5) is 24.9. The predicted molar refractivity (Wildman–Crippen MR) is 88.5 cm³/mol. The number of β-lactam (4-membered cyclic amide) rings is 1. The lowest BCUT2D eigenvalue weighted by Crippen LogP contribution is -2.70. The number of fused-ring (bicyclic) bond motifs is 1. The number of amides is 1. The van der Waals surface area contributed by atoms with E-state index in [1.165, 1.54) is 30.0 Å². The minimum atomic E-state index is -3.86. The summed E-state index contributed by atoms with van der Waals surface area (Å²) < 4.78 is 27.1. The van der Waals surface area contributed by atoms with E-state index < -0.39 is 33.3 Å². The van der Waals surface area contributed by atoms with Crippen LogP contribution in [0.3, 0.4) is 0 Å².